The lowest BCUT2D eigenvalue weighted by atomic mass is 10.2. The van der Waals surface area contributed by atoms with E-state index in [1.54, 1.807) is 0 Å². The summed E-state index contributed by atoms with van der Waals surface area (Å²) in [6.07, 6.45) is 1.16. The van der Waals surface area contributed by atoms with Gasteiger partial charge in [-0.1, -0.05) is 6.92 Å². The van der Waals surface area contributed by atoms with Crippen LogP contribution in [0.2, 0.25) is 0 Å². The summed E-state index contributed by atoms with van der Waals surface area (Å²) in [5.74, 6) is 0. The molecule has 1 nitrogen and oxygen atoms in total. The molecule has 3 heteroatoms. The molecule has 0 aliphatic rings. The Balaban J connectivity index is 2.37. The zero-order valence-electron chi connectivity index (χ0n) is 7.83. The molecule has 0 bridgehead atoms. The smallest absolute Gasteiger partial charge is 0.0454 e. The number of fused-ring (bicyclic) bond motifs is 1. The molecule has 0 radical (unpaired) electrons. The molecule has 0 fully saturated rings. The van der Waals surface area contributed by atoms with E-state index in [2.05, 4.69) is 29.8 Å². The number of nitrogens with one attached hydrogen (secondary N) is 1. The molecule has 0 aromatic carbocycles. The average Bonchev–Trinajstić information content (AvgIpc) is 2.65. The van der Waals surface area contributed by atoms with Gasteiger partial charge in [-0.15, -0.1) is 22.7 Å². The summed E-state index contributed by atoms with van der Waals surface area (Å²) in [4.78, 5) is 1.46. The summed E-state index contributed by atoms with van der Waals surface area (Å²) < 4.78 is 2.85. The molecule has 0 saturated carbocycles. The van der Waals surface area contributed by atoms with Gasteiger partial charge < -0.3 is 5.32 Å². The van der Waals surface area contributed by atoms with Crippen molar-refractivity contribution in [3.05, 3.63) is 22.4 Å². The molecule has 2 aromatic rings. The second-order valence-electron chi connectivity index (χ2n) is 3.05. The van der Waals surface area contributed by atoms with Crippen LogP contribution in [0.25, 0.3) is 9.40 Å². The Kier molecular flexibility index (Phi) is 2.67. The standard InChI is InChI=1S/C10H13NS2/c1-3-7(11-2)9-6-10-8(13-9)4-5-12-10/h4-7,11H,3H2,1-2H3. The molecule has 2 heterocycles. The van der Waals surface area contributed by atoms with Gasteiger partial charge in [0.2, 0.25) is 0 Å². The molecule has 0 amide bonds. The summed E-state index contributed by atoms with van der Waals surface area (Å²) in [6, 6.07) is 5.05. The van der Waals surface area contributed by atoms with Crippen molar-refractivity contribution in [1.29, 1.82) is 0 Å². The predicted molar refractivity (Wildman–Crippen MR) is 61.8 cm³/mol. The number of hydrogen-bond acceptors (Lipinski definition) is 3. The van der Waals surface area contributed by atoms with Gasteiger partial charge in [-0.05, 0) is 31.0 Å². The molecule has 2 aromatic heterocycles. The van der Waals surface area contributed by atoms with Crippen LogP contribution in [-0.4, -0.2) is 7.05 Å². The minimum absolute atomic E-state index is 0.532. The van der Waals surface area contributed by atoms with Crippen molar-refractivity contribution in [2.75, 3.05) is 7.05 Å². The number of rotatable bonds is 3. The zero-order valence-corrected chi connectivity index (χ0v) is 9.47. The van der Waals surface area contributed by atoms with Gasteiger partial charge in [-0.2, -0.15) is 0 Å². The Morgan fingerprint density at radius 2 is 2.31 bits per heavy atom. The van der Waals surface area contributed by atoms with Crippen molar-refractivity contribution in [2.24, 2.45) is 0 Å². The van der Waals surface area contributed by atoms with Gasteiger partial charge in [-0.3, -0.25) is 0 Å². The largest absolute Gasteiger partial charge is 0.312 e. The Morgan fingerprint density at radius 1 is 1.46 bits per heavy atom. The van der Waals surface area contributed by atoms with E-state index in [1.807, 2.05) is 29.7 Å². The third-order valence-electron chi connectivity index (χ3n) is 2.26. The van der Waals surface area contributed by atoms with Crippen molar-refractivity contribution in [2.45, 2.75) is 19.4 Å². The molecule has 0 aliphatic carbocycles. The second-order valence-corrected chi connectivity index (χ2v) is 5.11. The topological polar surface area (TPSA) is 12.0 Å². The quantitative estimate of drug-likeness (QED) is 0.817. The second kappa shape index (κ2) is 3.78. The van der Waals surface area contributed by atoms with E-state index in [4.69, 9.17) is 0 Å². The van der Waals surface area contributed by atoms with Crippen LogP contribution in [0.1, 0.15) is 24.3 Å². The first-order valence-electron chi connectivity index (χ1n) is 4.49. The van der Waals surface area contributed by atoms with Crippen LogP contribution in [0, 0.1) is 0 Å². The fourth-order valence-corrected chi connectivity index (χ4v) is 3.82. The van der Waals surface area contributed by atoms with Gasteiger partial charge in [0, 0.05) is 20.3 Å². The monoisotopic (exact) mass is 211 g/mol. The first kappa shape index (κ1) is 9.19. The van der Waals surface area contributed by atoms with E-state index in [9.17, 15) is 0 Å². The van der Waals surface area contributed by atoms with Crippen molar-refractivity contribution < 1.29 is 0 Å². The Morgan fingerprint density at radius 3 is 2.92 bits per heavy atom. The Bertz CT molecular complexity index is 356. The molecule has 2 rings (SSSR count). The van der Waals surface area contributed by atoms with E-state index in [0.717, 1.165) is 6.42 Å². The minimum atomic E-state index is 0.532. The van der Waals surface area contributed by atoms with Gasteiger partial charge in [0.15, 0.2) is 0 Å². The zero-order chi connectivity index (χ0) is 9.26. The molecule has 70 valence electrons. The van der Waals surface area contributed by atoms with Crippen molar-refractivity contribution >= 4 is 32.1 Å². The van der Waals surface area contributed by atoms with Gasteiger partial charge in [0.25, 0.3) is 0 Å². The maximum atomic E-state index is 3.33. The summed E-state index contributed by atoms with van der Waals surface area (Å²) in [5.41, 5.74) is 0. The maximum Gasteiger partial charge on any atom is 0.0454 e. The lowest BCUT2D eigenvalue weighted by Crippen LogP contribution is -2.13. The van der Waals surface area contributed by atoms with Crippen LogP contribution < -0.4 is 5.32 Å². The first-order valence-corrected chi connectivity index (χ1v) is 6.19. The normalized spacial score (nSPS) is 13.7. The average molecular weight is 211 g/mol. The number of thiophene rings is 2. The highest BCUT2D eigenvalue weighted by atomic mass is 32.1. The van der Waals surface area contributed by atoms with Crippen LogP contribution in [0.15, 0.2) is 17.5 Å². The lowest BCUT2D eigenvalue weighted by Gasteiger charge is -2.10. The highest BCUT2D eigenvalue weighted by Gasteiger charge is 2.10. The SMILES string of the molecule is CCC(NC)c1cc2sccc2s1. The molecule has 0 spiro atoms. The molecule has 1 N–H and O–H groups in total. The number of hydrogen-bond donors (Lipinski definition) is 1. The van der Waals surface area contributed by atoms with Crippen LogP contribution in [0.3, 0.4) is 0 Å². The van der Waals surface area contributed by atoms with Crippen LogP contribution in [0.5, 0.6) is 0 Å². The summed E-state index contributed by atoms with van der Waals surface area (Å²) in [5, 5.41) is 5.49. The molecule has 0 aliphatic heterocycles. The van der Waals surface area contributed by atoms with Crippen molar-refractivity contribution in [3.63, 3.8) is 0 Å². The molecular formula is C10H13NS2. The van der Waals surface area contributed by atoms with Crippen molar-refractivity contribution in [1.82, 2.24) is 5.32 Å². The minimum Gasteiger partial charge on any atom is -0.312 e. The molecule has 13 heavy (non-hydrogen) atoms. The van der Waals surface area contributed by atoms with Gasteiger partial charge in [0.1, 0.15) is 0 Å². The summed E-state index contributed by atoms with van der Waals surface area (Å²) in [6.45, 7) is 2.22. The van der Waals surface area contributed by atoms with Crippen LogP contribution in [0.4, 0.5) is 0 Å². The van der Waals surface area contributed by atoms with Gasteiger partial charge >= 0.3 is 0 Å². The van der Waals surface area contributed by atoms with E-state index in [-0.39, 0.29) is 0 Å². The van der Waals surface area contributed by atoms with E-state index < -0.39 is 0 Å². The van der Waals surface area contributed by atoms with Crippen molar-refractivity contribution in [3.8, 4) is 0 Å². The van der Waals surface area contributed by atoms with Crippen LogP contribution >= 0.6 is 22.7 Å². The van der Waals surface area contributed by atoms with E-state index >= 15 is 0 Å². The maximum absolute atomic E-state index is 3.33. The summed E-state index contributed by atoms with van der Waals surface area (Å²) in [7, 11) is 2.03. The van der Waals surface area contributed by atoms with Crippen LogP contribution in [-0.2, 0) is 0 Å². The lowest BCUT2D eigenvalue weighted by molar-refractivity contribution is 0.587. The van der Waals surface area contributed by atoms with Gasteiger partial charge in [0.05, 0.1) is 0 Å². The Labute approximate surface area is 86.4 Å². The third-order valence-corrected chi connectivity index (χ3v) is 4.47. The van der Waals surface area contributed by atoms with E-state index in [0.29, 0.717) is 6.04 Å². The predicted octanol–water partition coefficient (Wildman–Crippen LogP) is 3.63. The van der Waals surface area contributed by atoms with E-state index in [1.165, 1.54) is 14.3 Å². The highest BCUT2D eigenvalue weighted by Crippen LogP contribution is 2.34. The molecule has 1 atom stereocenters. The summed E-state index contributed by atoms with van der Waals surface area (Å²) >= 11 is 3.74. The molecule has 1 unspecified atom stereocenters. The van der Waals surface area contributed by atoms with Gasteiger partial charge in [-0.25, -0.2) is 0 Å². The molecule has 0 saturated heterocycles. The highest BCUT2D eigenvalue weighted by molar-refractivity contribution is 7.26. The molecular weight excluding hydrogens is 198 g/mol. The Hall–Kier alpha value is -0.380. The fraction of sp³-hybridized carbons (Fsp3) is 0.400. The fourth-order valence-electron chi connectivity index (χ4n) is 1.50. The first-order chi connectivity index (χ1) is 6.35. The third kappa shape index (κ3) is 1.64.